The van der Waals surface area contributed by atoms with E-state index < -0.39 is 0 Å². The van der Waals surface area contributed by atoms with E-state index in [2.05, 4.69) is 33.0 Å². The molecule has 0 aliphatic heterocycles. The van der Waals surface area contributed by atoms with Gasteiger partial charge in [0, 0.05) is 6.04 Å². The Balaban J connectivity index is 2.45. The highest BCUT2D eigenvalue weighted by molar-refractivity contribution is 4.82. The van der Waals surface area contributed by atoms with Crippen LogP contribution in [0.4, 0.5) is 0 Å². The third kappa shape index (κ3) is 5.71. The molecule has 2 heteroatoms. The van der Waals surface area contributed by atoms with Gasteiger partial charge in [-0.15, -0.1) is 0 Å². The standard InChI is InChI=1S/C16H33NO/c1-5-10-17-16(12-18-13(3)4)15-9-7-8-14(6-2)11-15/h13-17H,5-12H2,1-4H3. The predicted molar refractivity (Wildman–Crippen MR) is 78.9 cm³/mol. The summed E-state index contributed by atoms with van der Waals surface area (Å²) < 4.78 is 5.86. The summed E-state index contributed by atoms with van der Waals surface area (Å²) >= 11 is 0. The van der Waals surface area contributed by atoms with Crippen LogP contribution in [0.1, 0.15) is 66.2 Å². The molecule has 0 aromatic carbocycles. The lowest BCUT2D eigenvalue weighted by atomic mass is 9.77. The van der Waals surface area contributed by atoms with Crippen LogP contribution in [0.5, 0.6) is 0 Å². The summed E-state index contributed by atoms with van der Waals surface area (Å²) in [7, 11) is 0. The molecule has 0 amide bonds. The van der Waals surface area contributed by atoms with E-state index in [0.29, 0.717) is 12.1 Å². The second-order valence-corrected chi connectivity index (χ2v) is 6.14. The third-order valence-corrected chi connectivity index (χ3v) is 4.24. The van der Waals surface area contributed by atoms with E-state index in [0.717, 1.165) is 25.0 Å². The van der Waals surface area contributed by atoms with E-state index in [1.807, 2.05) is 0 Å². The van der Waals surface area contributed by atoms with E-state index in [1.165, 1.54) is 38.5 Å². The Morgan fingerprint density at radius 3 is 2.61 bits per heavy atom. The highest BCUT2D eigenvalue weighted by Crippen LogP contribution is 2.33. The molecular weight excluding hydrogens is 222 g/mol. The van der Waals surface area contributed by atoms with E-state index in [4.69, 9.17) is 4.74 Å². The van der Waals surface area contributed by atoms with Crippen molar-refractivity contribution in [1.29, 1.82) is 0 Å². The van der Waals surface area contributed by atoms with Crippen molar-refractivity contribution in [1.82, 2.24) is 5.32 Å². The lowest BCUT2D eigenvalue weighted by molar-refractivity contribution is 0.0387. The second-order valence-electron chi connectivity index (χ2n) is 6.14. The van der Waals surface area contributed by atoms with E-state index in [1.54, 1.807) is 0 Å². The second kappa shape index (κ2) is 8.92. The van der Waals surface area contributed by atoms with Gasteiger partial charge in [0.2, 0.25) is 0 Å². The topological polar surface area (TPSA) is 21.3 Å². The number of ether oxygens (including phenoxy) is 1. The minimum absolute atomic E-state index is 0.349. The van der Waals surface area contributed by atoms with Crippen LogP contribution in [0.2, 0.25) is 0 Å². The van der Waals surface area contributed by atoms with Gasteiger partial charge in [-0.3, -0.25) is 0 Å². The van der Waals surface area contributed by atoms with Crippen molar-refractivity contribution in [2.24, 2.45) is 11.8 Å². The molecule has 1 fully saturated rings. The molecule has 0 heterocycles. The molecule has 3 atom stereocenters. The van der Waals surface area contributed by atoms with Gasteiger partial charge in [-0.25, -0.2) is 0 Å². The fourth-order valence-corrected chi connectivity index (χ4v) is 3.06. The Hall–Kier alpha value is -0.0800. The molecule has 0 aromatic heterocycles. The summed E-state index contributed by atoms with van der Waals surface area (Å²) in [6.45, 7) is 10.9. The average Bonchev–Trinajstić information content (AvgIpc) is 2.38. The number of rotatable bonds is 8. The summed E-state index contributed by atoms with van der Waals surface area (Å²) in [4.78, 5) is 0. The molecule has 1 rings (SSSR count). The molecular formula is C16H33NO. The summed E-state index contributed by atoms with van der Waals surface area (Å²) in [5.74, 6) is 1.78. The largest absolute Gasteiger partial charge is 0.377 e. The molecule has 0 bridgehead atoms. The molecule has 1 aliphatic carbocycles. The molecule has 1 saturated carbocycles. The predicted octanol–water partition coefficient (Wildman–Crippen LogP) is 4.00. The van der Waals surface area contributed by atoms with Gasteiger partial charge in [0.25, 0.3) is 0 Å². The zero-order valence-corrected chi connectivity index (χ0v) is 12.9. The van der Waals surface area contributed by atoms with Crippen LogP contribution in [0, 0.1) is 11.8 Å². The highest BCUT2D eigenvalue weighted by Gasteiger charge is 2.27. The maximum Gasteiger partial charge on any atom is 0.0625 e. The normalized spacial score (nSPS) is 26.5. The fraction of sp³-hybridized carbons (Fsp3) is 1.00. The van der Waals surface area contributed by atoms with E-state index >= 15 is 0 Å². The van der Waals surface area contributed by atoms with Crippen LogP contribution in [0.25, 0.3) is 0 Å². The summed E-state index contributed by atoms with van der Waals surface area (Å²) in [5, 5.41) is 3.71. The van der Waals surface area contributed by atoms with Crippen molar-refractivity contribution in [2.75, 3.05) is 13.2 Å². The van der Waals surface area contributed by atoms with Crippen LogP contribution in [0.15, 0.2) is 0 Å². The van der Waals surface area contributed by atoms with Gasteiger partial charge in [-0.1, -0.05) is 33.1 Å². The van der Waals surface area contributed by atoms with Crippen molar-refractivity contribution in [3.05, 3.63) is 0 Å². The van der Waals surface area contributed by atoms with E-state index in [9.17, 15) is 0 Å². The first-order valence-corrected chi connectivity index (χ1v) is 8.02. The van der Waals surface area contributed by atoms with Gasteiger partial charge in [-0.05, 0) is 51.5 Å². The average molecular weight is 255 g/mol. The zero-order chi connectivity index (χ0) is 13.4. The monoisotopic (exact) mass is 255 g/mol. The van der Waals surface area contributed by atoms with Crippen molar-refractivity contribution in [3.63, 3.8) is 0 Å². The summed E-state index contributed by atoms with van der Waals surface area (Å²) in [6, 6.07) is 0.571. The molecule has 0 spiro atoms. The van der Waals surface area contributed by atoms with Crippen molar-refractivity contribution >= 4 is 0 Å². The molecule has 1 aliphatic rings. The van der Waals surface area contributed by atoms with Crippen molar-refractivity contribution in [3.8, 4) is 0 Å². The molecule has 1 N–H and O–H groups in total. The van der Waals surface area contributed by atoms with Gasteiger partial charge in [-0.2, -0.15) is 0 Å². The van der Waals surface area contributed by atoms with Crippen LogP contribution in [-0.2, 0) is 4.74 Å². The SMILES string of the molecule is CCCNC(COC(C)C)C1CCCC(CC)C1. The lowest BCUT2D eigenvalue weighted by Gasteiger charge is -2.35. The molecule has 0 radical (unpaired) electrons. The minimum Gasteiger partial charge on any atom is -0.377 e. The van der Waals surface area contributed by atoms with Gasteiger partial charge in [0.1, 0.15) is 0 Å². The Morgan fingerprint density at radius 2 is 2.00 bits per heavy atom. The minimum atomic E-state index is 0.349. The van der Waals surface area contributed by atoms with Crippen LogP contribution in [-0.4, -0.2) is 25.3 Å². The van der Waals surface area contributed by atoms with Gasteiger partial charge in [0.15, 0.2) is 0 Å². The van der Waals surface area contributed by atoms with Gasteiger partial charge >= 0.3 is 0 Å². The molecule has 3 unspecified atom stereocenters. The Labute approximate surface area is 114 Å². The first-order valence-electron chi connectivity index (χ1n) is 8.02. The molecule has 2 nitrogen and oxygen atoms in total. The Kier molecular flexibility index (Phi) is 7.92. The molecule has 18 heavy (non-hydrogen) atoms. The number of hydrogen-bond donors (Lipinski definition) is 1. The van der Waals surface area contributed by atoms with Gasteiger partial charge < -0.3 is 10.1 Å². The maximum atomic E-state index is 5.86. The van der Waals surface area contributed by atoms with Crippen molar-refractivity contribution in [2.45, 2.75) is 78.4 Å². The van der Waals surface area contributed by atoms with E-state index in [-0.39, 0.29) is 0 Å². The quantitative estimate of drug-likeness (QED) is 0.708. The summed E-state index contributed by atoms with van der Waals surface area (Å²) in [5.41, 5.74) is 0. The first-order chi connectivity index (χ1) is 8.67. The Bertz CT molecular complexity index is 205. The fourth-order valence-electron chi connectivity index (χ4n) is 3.06. The lowest BCUT2D eigenvalue weighted by Crippen LogP contribution is -2.43. The molecule has 0 aromatic rings. The molecule has 108 valence electrons. The highest BCUT2D eigenvalue weighted by atomic mass is 16.5. The molecule has 0 saturated heterocycles. The maximum absolute atomic E-state index is 5.86. The smallest absolute Gasteiger partial charge is 0.0625 e. The van der Waals surface area contributed by atoms with Crippen molar-refractivity contribution < 1.29 is 4.74 Å². The third-order valence-electron chi connectivity index (χ3n) is 4.24. The van der Waals surface area contributed by atoms with Crippen LogP contribution < -0.4 is 5.32 Å². The first kappa shape index (κ1) is 16.0. The van der Waals surface area contributed by atoms with Gasteiger partial charge in [0.05, 0.1) is 12.7 Å². The summed E-state index contributed by atoms with van der Waals surface area (Å²) in [6.07, 6.45) is 8.55. The van der Waals surface area contributed by atoms with Crippen LogP contribution >= 0.6 is 0 Å². The number of nitrogens with one attached hydrogen (secondary N) is 1. The van der Waals surface area contributed by atoms with Crippen LogP contribution in [0.3, 0.4) is 0 Å². The Morgan fingerprint density at radius 1 is 1.22 bits per heavy atom. The number of hydrogen-bond acceptors (Lipinski definition) is 2. The zero-order valence-electron chi connectivity index (χ0n) is 12.9.